The third-order valence-corrected chi connectivity index (χ3v) is 9.09. The van der Waals surface area contributed by atoms with Crippen LogP contribution in [0.5, 0.6) is 0 Å². The van der Waals surface area contributed by atoms with Crippen LogP contribution in [0, 0.1) is 0 Å². The predicted octanol–water partition coefficient (Wildman–Crippen LogP) is 10.4. The molecule has 0 unspecified atom stereocenters. The second-order valence-electron chi connectivity index (χ2n) is 10.2. The van der Waals surface area contributed by atoms with Crippen molar-refractivity contribution in [2.24, 2.45) is 0 Å². The van der Waals surface area contributed by atoms with Gasteiger partial charge >= 0.3 is 0 Å². The molecule has 0 amide bonds. The van der Waals surface area contributed by atoms with Crippen LogP contribution in [-0.4, -0.2) is 9.97 Å². The minimum absolute atomic E-state index is 0.572. The van der Waals surface area contributed by atoms with Crippen LogP contribution in [0.3, 0.4) is 0 Å². The zero-order chi connectivity index (χ0) is 26.2. The molecule has 6 aromatic carbocycles. The molecule has 3 nitrogen and oxygen atoms in total. The second kappa shape index (κ2) is 8.22. The Bertz CT molecular complexity index is 2450. The van der Waals surface area contributed by atoms with Crippen molar-refractivity contribution in [1.29, 1.82) is 0 Å². The van der Waals surface area contributed by atoms with Crippen molar-refractivity contribution in [3.8, 4) is 22.3 Å². The van der Waals surface area contributed by atoms with Gasteiger partial charge in [-0.05, 0) is 70.1 Å². The van der Waals surface area contributed by atoms with Gasteiger partial charge in [-0.1, -0.05) is 78.9 Å². The lowest BCUT2D eigenvalue weighted by molar-refractivity contribution is 0.655. The van der Waals surface area contributed by atoms with E-state index in [4.69, 9.17) is 14.4 Å². The molecule has 9 rings (SSSR count). The molecule has 186 valence electrons. The number of hydrogen-bond acceptors (Lipinski definition) is 4. The topological polar surface area (TPSA) is 38.9 Å². The molecule has 3 heterocycles. The van der Waals surface area contributed by atoms with Gasteiger partial charge in [0.25, 0.3) is 0 Å². The van der Waals surface area contributed by atoms with Crippen LogP contribution in [0.2, 0.25) is 0 Å². The average Bonchev–Trinajstić information content (AvgIpc) is 3.57. The summed E-state index contributed by atoms with van der Waals surface area (Å²) in [7, 11) is 0. The number of para-hydroxylation sites is 2. The van der Waals surface area contributed by atoms with Crippen LogP contribution < -0.4 is 0 Å². The van der Waals surface area contributed by atoms with Crippen molar-refractivity contribution in [2.75, 3.05) is 0 Å². The molecular formula is C36H20N2OS. The van der Waals surface area contributed by atoms with Gasteiger partial charge in [0, 0.05) is 30.9 Å². The van der Waals surface area contributed by atoms with E-state index < -0.39 is 0 Å². The summed E-state index contributed by atoms with van der Waals surface area (Å²) >= 11 is 1.88. The molecule has 0 spiro atoms. The fraction of sp³-hybridized carbons (Fsp3) is 0. The van der Waals surface area contributed by atoms with E-state index in [2.05, 4.69) is 91.0 Å². The van der Waals surface area contributed by atoms with Crippen molar-refractivity contribution in [3.63, 3.8) is 0 Å². The molecule has 0 fully saturated rings. The SMILES string of the molecule is c1cc(-c2ccc3oc4nc5ccccc5nc4c3c2)cc(-c2cc3c4ccccc4sc3c3ccccc23)c1. The summed E-state index contributed by atoms with van der Waals surface area (Å²) in [5, 5.41) is 6.19. The fourth-order valence-electron chi connectivity index (χ4n) is 5.97. The first-order valence-corrected chi connectivity index (χ1v) is 14.1. The highest BCUT2D eigenvalue weighted by atomic mass is 32.1. The lowest BCUT2D eigenvalue weighted by atomic mass is 9.93. The number of furan rings is 1. The van der Waals surface area contributed by atoms with Crippen LogP contribution in [-0.2, 0) is 0 Å². The summed E-state index contributed by atoms with van der Waals surface area (Å²) in [6.07, 6.45) is 0. The highest BCUT2D eigenvalue weighted by Crippen LogP contribution is 2.43. The molecule has 0 N–H and O–H groups in total. The normalized spacial score (nSPS) is 12.0. The summed E-state index contributed by atoms with van der Waals surface area (Å²) < 4.78 is 8.76. The first-order chi connectivity index (χ1) is 19.8. The number of benzene rings is 6. The number of rotatable bonds is 2. The smallest absolute Gasteiger partial charge is 0.246 e. The third kappa shape index (κ3) is 3.17. The lowest BCUT2D eigenvalue weighted by Crippen LogP contribution is -1.85. The lowest BCUT2D eigenvalue weighted by Gasteiger charge is -2.11. The van der Waals surface area contributed by atoms with E-state index in [1.54, 1.807) is 0 Å². The maximum atomic E-state index is 6.09. The number of nitrogens with zero attached hydrogens (tertiary/aromatic N) is 2. The van der Waals surface area contributed by atoms with E-state index in [1.807, 2.05) is 41.7 Å². The maximum Gasteiger partial charge on any atom is 0.246 e. The molecule has 0 atom stereocenters. The fourth-order valence-corrected chi connectivity index (χ4v) is 7.19. The van der Waals surface area contributed by atoms with Gasteiger partial charge in [0.05, 0.1) is 11.0 Å². The quantitative estimate of drug-likeness (QED) is 0.224. The largest absolute Gasteiger partial charge is 0.436 e. The summed E-state index contributed by atoms with van der Waals surface area (Å²) in [5.41, 5.74) is 8.61. The Hall–Kier alpha value is -5.06. The minimum atomic E-state index is 0.572. The molecule has 0 radical (unpaired) electrons. The minimum Gasteiger partial charge on any atom is -0.436 e. The molecule has 0 aliphatic carbocycles. The molecule has 0 bridgehead atoms. The van der Waals surface area contributed by atoms with Crippen LogP contribution in [0.25, 0.3) is 86.4 Å². The van der Waals surface area contributed by atoms with E-state index in [9.17, 15) is 0 Å². The standard InChI is InChI=1S/C36H20N2OS/c1-2-12-26-24(10-1)27(20-28-25-11-3-6-15-33(25)40-35(26)28)23-9-7-8-21(18-23)22-16-17-32-29(19-22)34-36(39-32)38-31-14-5-4-13-30(31)37-34/h1-20H. The Morgan fingerprint density at radius 1 is 0.500 bits per heavy atom. The van der Waals surface area contributed by atoms with E-state index >= 15 is 0 Å². The third-order valence-electron chi connectivity index (χ3n) is 7.87. The molecular weight excluding hydrogens is 508 g/mol. The van der Waals surface area contributed by atoms with Crippen LogP contribution in [0.1, 0.15) is 0 Å². The predicted molar refractivity (Wildman–Crippen MR) is 168 cm³/mol. The molecule has 4 heteroatoms. The van der Waals surface area contributed by atoms with Gasteiger partial charge in [-0.15, -0.1) is 11.3 Å². The Morgan fingerprint density at radius 3 is 2.12 bits per heavy atom. The van der Waals surface area contributed by atoms with Gasteiger partial charge < -0.3 is 4.42 Å². The highest BCUT2D eigenvalue weighted by Gasteiger charge is 2.15. The number of aromatic nitrogens is 2. The van der Waals surface area contributed by atoms with Gasteiger partial charge in [0.1, 0.15) is 11.1 Å². The van der Waals surface area contributed by atoms with Crippen molar-refractivity contribution in [1.82, 2.24) is 9.97 Å². The molecule has 0 aliphatic rings. The van der Waals surface area contributed by atoms with Crippen molar-refractivity contribution in [3.05, 3.63) is 121 Å². The zero-order valence-electron chi connectivity index (χ0n) is 21.3. The average molecular weight is 529 g/mol. The second-order valence-corrected chi connectivity index (χ2v) is 11.3. The highest BCUT2D eigenvalue weighted by molar-refractivity contribution is 7.26. The van der Waals surface area contributed by atoms with Gasteiger partial charge in [0.15, 0.2) is 0 Å². The Balaban J connectivity index is 1.25. The summed E-state index contributed by atoms with van der Waals surface area (Å²) in [6.45, 7) is 0. The van der Waals surface area contributed by atoms with Crippen molar-refractivity contribution >= 4 is 75.5 Å². The van der Waals surface area contributed by atoms with E-state index in [-0.39, 0.29) is 0 Å². The van der Waals surface area contributed by atoms with Crippen LogP contribution in [0.4, 0.5) is 0 Å². The summed E-state index contributed by atoms with van der Waals surface area (Å²) in [6, 6.07) is 43.0. The number of hydrogen-bond donors (Lipinski definition) is 0. The van der Waals surface area contributed by atoms with E-state index in [1.165, 1.54) is 42.1 Å². The molecule has 0 saturated heterocycles. The van der Waals surface area contributed by atoms with Gasteiger partial charge in [-0.25, -0.2) is 9.97 Å². The summed E-state index contributed by atoms with van der Waals surface area (Å²) in [4.78, 5) is 9.61. The molecule has 40 heavy (non-hydrogen) atoms. The monoisotopic (exact) mass is 528 g/mol. The number of fused-ring (bicyclic) bond motifs is 9. The maximum absolute atomic E-state index is 6.09. The van der Waals surface area contributed by atoms with Crippen LogP contribution in [0.15, 0.2) is 126 Å². The first kappa shape index (κ1) is 21.8. The van der Waals surface area contributed by atoms with Gasteiger partial charge in [-0.2, -0.15) is 0 Å². The van der Waals surface area contributed by atoms with Crippen molar-refractivity contribution < 1.29 is 4.42 Å². The van der Waals surface area contributed by atoms with Gasteiger partial charge in [0.2, 0.25) is 5.71 Å². The Morgan fingerprint density at radius 2 is 1.23 bits per heavy atom. The van der Waals surface area contributed by atoms with E-state index in [0.717, 1.165) is 38.6 Å². The first-order valence-electron chi connectivity index (χ1n) is 13.3. The van der Waals surface area contributed by atoms with E-state index in [0.29, 0.717) is 5.71 Å². The Labute approximate surface area is 233 Å². The Kier molecular flexibility index (Phi) is 4.48. The molecule has 0 saturated carbocycles. The van der Waals surface area contributed by atoms with Crippen LogP contribution >= 0.6 is 11.3 Å². The van der Waals surface area contributed by atoms with Crippen molar-refractivity contribution in [2.45, 2.75) is 0 Å². The molecule has 0 aliphatic heterocycles. The summed E-state index contributed by atoms with van der Waals surface area (Å²) in [5.74, 6) is 0. The van der Waals surface area contributed by atoms with Gasteiger partial charge in [-0.3, -0.25) is 0 Å². The zero-order valence-corrected chi connectivity index (χ0v) is 22.1. The number of thiophene rings is 1. The molecule has 3 aromatic heterocycles. The molecule has 9 aromatic rings.